The van der Waals surface area contributed by atoms with Crippen LogP contribution in [0.15, 0.2) is 35.4 Å². The summed E-state index contributed by atoms with van der Waals surface area (Å²) in [6, 6.07) is 8.89. The molecule has 0 radical (unpaired) electrons. The number of nitrogens with zero attached hydrogens (tertiary/aromatic N) is 4. The number of hydrazone groups is 1. The molecular weight excluding hydrogens is 302 g/mol. The molecule has 0 atom stereocenters. The molecule has 0 saturated heterocycles. The minimum Gasteiger partial charge on any atom is -0.476 e. The molecule has 2 aromatic rings. The maximum Gasteiger partial charge on any atom is 0.403 e. The van der Waals surface area contributed by atoms with Crippen LogP contribution in [0, 0.1) is 10.1 Å². The average molecular weight is 317 g/mol. The smallest absolute Gasteiger partial charge is 0.403 e. The van der Waals surface area contributed by atoms with Crippen molar-refractivity contribution in [1.29, 1.82) is 0 Å². The Morgan fingerprint density at radius 1 is 1.48 bits per heavy atom. The molecule has 0 bridgehead atoms. The summed E-state index contributed by atoms with van der Waals surface area (Å²) < 4.78 is 6.57. The van der Waals surface area contributed by atoms with Crippen molar-refractivity contribution >= 4 is 23.5 Å². The van der Waals surface area contributed by atoms with Crippen LogP contribution in [0.4, 0.5) is 11.5 Å². The van der Waals surface area contributed by atoms with Gasteiger partial charge < -0.3 is 14.9 Å². The van der Waals surface area contributed by atoms with Crippen LogP contribution in [0.25, 0.3) is 0 Å². The van der Waals surface area contributed by atoms with E-state index < -0.39 is 10.7 Å². The zero-order chi connectivity index (χ0) is 16.8. The highest BCUT2D eigenvalue weighted by molar-refractivity contribution is 6.38. The number of para-hydroxylation sites is 1. The van der Waals surface area contributed by atoms with E-state index in [4.69, 9.17) is 4.74 Å². The standard InChI is InChI=1S/C14H15N5O4/c1-3-23-14-12(13(19(21)22)17-18(14)2)11(9-20)16-15-10-7-5-4-6-8-10/h4-9,15H,3H2,1-2H3/b16-11+. The van der Waals surface area contributed by atoms with Gasteiger partial charge in [-0.2, -0.15) is 5.10 Å². The molecule has 0 spiro atoms. The van der Waals surface area contributed by atoms with Crippen LogP contribution in [0.5, 0.6) is 5.88 Å². The van der Waals surface area contributed by atoms with Gasteiger partial charge >= 0.3 is 5.82 Å². The number of hydrogen-bond donors (Lipinski definition) is 1. The van der Waals surface area contributed by atoms with Crippen LogP contribution >= 0.6 is 0 Å². The molecular formula is C14H15N5O4. The van der Waals surface area contributed by atoms with Gasteiger partial charge in [0.25, 0.3) is 0 Å². The summed E-state index contributed by atoms with van der Waals surface area (Å²) in [6.45, 7) is 1.99. The molecule has 9 heteroatoms. The summed E-state index contributed by atoms with van der Waals surface area (Å²) in [6.07, 6.45) is 0.419. The van der Waals surface area contributed by atoms with Crippen LogP contribution in [-0.2, 0) is 11.8 Å². The number of nitrogens with one attached hydrogen (secondary N) is 1. The molecule has 9 nitrogen and oxygen atoms in total. The molecule has 1 heterocycles. The van der Waals surface area contributed by atoms with E-state index in [9.17, 15) is 14.9 Å². The van der Waals surface area contributed by atoms with Gasteiger partial charge in [-0.25, -0.2) is 0 Å². The van der Waals surface area contributed by atoms with Crippen molar-refractivity contribution in [2.45, 2.75) is 6.92 Å². The normalized spacial score (nSPS) is 11.1. The highest BCUT2D eigenvalue weighted by atomic mass is 16.6. The third-order valence-corrected chi connectivity index (χ3v) is 2.88. The Morgan fingerprint density at radius 2 is 2.17 bits per heavy atom. The van der Waals surface area contributed by atoms with Gasteiger partial charge in [0.05, 0.1) is 24.4 Å². The lowest BCUT2D eigenvalue weighted by molar-refractivity contribution is -0.389. The lowest BCUT2D eigenvalue weighted by Crippen LogP contribution is -2.10. The number of anilines is 1. The van der Waals surface area contributed by atoms with Gasteiger partial charge in [-0.3, -0.25) is 10.2 Å². The number of hydrogen-bond acceptors (Lipinski definition) is 7. The fraction of sp³-hybridized carbons (Fsp3) is 0.214. The quantitative estimate of drug-likeness (QED) is 0.360. The van der Waals surface area contributed by atoms with Gasteiger partial charge in [-0.15, -0.1) is 4.68 Å². The van der Waals surface area contributed by atoms with Crippen molar-refractivity contribution in [3.05, 3.63) is 46.0 Å². The van der Waals surface area contributed by atoms with E-state index >= 15 is 0 Å². The van der Waals surface area contributed by atoms with Crippen LogP contribution in [0.2, 0.25) is 0 Å². The Bertz CT molecular complexity index is 739. The summed E-state index contributed by atoms with van der Waals surface area (Å²) >= 11 is 0. The average Bonchev–Trinajstić information content (AvgIpc) is 2.87. The first kappa shape index (κ1) is 16.1. The Morgan fingerprint density at radius 3 is 2.74 bits per heavy atom. The molecule has 120 valence electrons. The van der Waals surface area contributed by atoms with Gasteiger partial charge in [0, 0.05) is 0 Å². The van der Waals surface area contributed by atoms with Gasteiger partial charge in [0.2, 0.25) is 5.88 Å². The first-order chi connectivity index (χ1) is 11.1. The van der Waals surface area contributed by atoms with E-state index in [1.807, 2.05) is 6.07 Å². The maximum atomic E-state index is 11.4. The van der Waals surface area contributed by atoms with Crippen LogP contribution in [0.3, 0.4) is 0 Å². The van der Waals surface area contributed by atoms with Gasteiger partial charge in [-0.05, 0) is 24.0 Å². The number of benzene rings is 1. The fourth-order valence-electron chi connectivity index (χ4n) is 1.93. The first-order valence-corrected chi connectivity index (χ1v) is 6.77. The minimum atomic E-state index is -0.681. The van der Waals surface area contributed by atoms with Gasteiger partial charge in [0.1, 0.15) is 5.71 Å². The highest BCUT2D eigenvalue weighted by Gasteiger charge is 2.31. The molecule has 2 rings (SSSR count). The fourth-order valence-corrected chi connectivity index (χ4v) is 1.93. The molecule has 0 amide bonds. The van der Waals surface area contributed by atoms with Crippen LogP contribution in [-0.4, -0.2) is 33.3 Å². The van der Waals surface area contributed by atoms with E-state index in [0.717, 1.165) is 0 Å². The number of rotatable bonds is 7. The molecule has 0 aliphatic heterocycles. The van der Waals surface area contributed by atoms with E-state index in [0.29, 0.717) is 12.0 Å². The third kappa shape index (κ3) is 3.51. The highest BCUT2D eigenvalue weighted by Crippen LogP contribution is 2.28. The Balaban J connectivity index is 2.47. The second-order valence-electron chi connectivity index (χ2n) is 4.41. The molecule has 0 unspecified atom stereocenters. The molecule has 0 aliphatic carbocycles. The second-order valence-corrected chi connectivity index (χ2v) is 4.41. The van der Waals surface area contributed by atoms with Crippen molar-refractivity contribution in [3.63, 3.8) is 0 Å². The van der Waals surface area contributed by atoms with Gasteiger partial charge in [-0.1, -0.05) is 18.2 Å². The second kappa shape index (κ2) is 7.16. The zero-order valence-electron chi connectivity index (χ0n) is 12.6. The predicted molar refractivity (Wildman–Crippen MR) is 83.7 cm³/mol. The zero-order valence-corrected chi connectivity index (χ0v) is 12.6. The summed E-state index contributed by atoms with van der Waals surface area (Å²) in [4.78, 5) is 21.9. The number of aryl methyl sites for hydroxylation is 1. The van der Waals surface area contributed by atoms with Crippen molar-refractivity contribution in [2.75, 3.05) is 12.0 Å². The molecule has 0 saturated carbocycles. The summed E-state index contributed by atoms with van der Waals surface area (Å²) in [5.74, 6) is -0.378. The number of carbonyl (C=O) groups excluding carboxylic acids is 1. The molecule has 0 aliphatic rings. The van der Waals surface area contributed by atoms with Crippen molar-refractivity contribution in [2.24, 2.45) is 12.1 Å². The van der Waals surface area contributed by atoms with E-state index in [1.165, 1.54) is 11.7 Å². The monoisotopic (exact) mass is 317 g/mol. The Hall–Kier alpha value is -3.23. The molecule has 1 aromatic heterocycles. The van der Waals surface area contributed by atoms with Crippen molar-refractivity contribution in [3.8, 4) is 5.88 Å². The number of ether oxygens (including phenoxy) is 1. The summed E-state index contributed by atoms with van der Waals surface area (Å²) in [5, 5.41) is 18.9. The topological polar surface area (TPSA) is 112 Å². The summed E-state index contributed by atoms with van der Waals surface area (Å²) in [5.41, 5.74) is 3.09. The predicted octanol–water partition coefficient (Wildman–Crippen LogP) is 1.74. The first-order valence-electron chi connectivity index (χ1n) is 6.77. The third-order valence-electron chi connectivity index (χ3n) is 2.88. The van der Waals surface area contributed by atoms with Crippen molar-refractivity contribution < 1.29 is 14.5 Å². The molecule has 23 heavy (non-hydrogen) atoms. The molecule has 1 aromatic carbocycles. The van der Waals surface area contributed by atoms with Crippen LogP contribution < -0.4 is 10.2 Å². The molecule has 0 fully saturated rings. The Kier molecular flexibility index (Phi) is 5.03. The SMILES string of the molecule is CCOc1c(/C(C=O)=N/Nc2ccccc2)c([N+](=O)[O-])nn1C. The van der Waals surface area contributed by atoms with Crippen molar-refractivity contribution in [1.82, 2.24) is 9.78 Å². The number of aromatic nitrogens is 2. The Labute approximate surface area is 131 Å². The number of carbonyl (C=O) groups is 1. The molecule has 1 N–H and O–H groups in total. The lowest BCUT2D eigenvalue weighted by Gasteiger charge is -2.05. The largest absolute Gasteiger partial charge is 0.476 e. The number of nitro groups is 1. The van der Waals surface area contributed by atoms with Crippen LogP contribution in [0.1, 0.15) is 12.5 Å². The maximum absolute atomic E-state index is 11.4. The van der Waals surface area contributed by atoms with E-state index in [1.54, 1.807) is 31.2 Å². The van der Waals surface area contributed by atoms with Gasteiger partial charge in [0.15, 0.2) is 11.8 Å². The van der Waals surface area contributed by atoms with E-state index in [2.05, 4.69) is 15.6 Å². The number of aldehydes is 1. The summed E-state index contributed by atoms with van der Waals surface area (Å²) in [7, 11) is 1.49. The minimum absolute atomic E-state index is 0.0576. The van der Waals surface area contributed by atoms with E-state index in [-0.39, 0.29) is 23.8 Å². The lowest BCUT2D eigenvalue weighted by atomic mass is 10.2.